The Labute approximate surface area is 70.8 Å². The summed E-state index contributed by atoms with van der Waals surface area (Å²) in [7, 11) is 0. The van der Waals surface area contributed by atoms with Crippen molar-refractivity contribution in [1.29, 1.82) is 0 Å². The second kappa shape index (κ2) is 2.96. The van der Waals surface area contributed by atoms with Crippen molar-refractivity contribution >= 4 is 21.7 Å². The first kappa shape index (κ1) is 8.13. The largest absolute Gasteiger partial charge is 0.293 e. The molecular weight excluding hydrogens is 212 g/mol. The summed E-state index contributed by atoms with van der Waals surface area (Å²) in [6.45, 7) is 1.38. The highest BCUT2D eigenvalue weighted by molar-refractivity contribution is 9.10. The maximum atomic E-state index is 10.7. The summed E-state index contributed by atoms with van der Waals surface area (Å²) in [6, 6.07) is 1.39. The van der Waals surface area contributed by atoms with E-state index in [9.17, 15) is 9.59 Å². The first-order valence-corrected chi connectivity index (χ1v) is 3.66. The Balaban J connectivity index is 3.26. The Kier molecular flexibility index (Phi) is 2.19. The maximum absolute atomic E-state index is 10.7. The van der Waals surface area contributed by atoms with Gasteiger partial charge >= 0.3 is 0 Å². The predicted octanol–water partition coefficient (Wildman–Crippen LogP) is 0.735. The van der Waals surface area contributed by atoms with E-state index < -0.39 is 0 Å². The minimum atomic E-state index is -0.338. The quantitative estimate of drug-likeness (QED) is 0.705. The van der Waals surface area contributed by atoms with Crippen molar-refractivity contribution in [2.75, 3.05) is 0 Å². The van der Waals surface area contributed by atoms with Gasteiger partial charge in [0.1, 0.15) is 5.69 Å². The van der Waals surface area contributed by atoms with Crippen LogP contribution in [0.5, 0.6) is 0 Å². The number of halogens is 1. The van der Waals surface area contributed by atoms with Gasteiger partial charge in [0, 0.05) is 6.92 Å². The zero-order valence-corrected chi connectivity index (χ0v) is 7.31. The molecule has 1 heterocycles. The van der Waals surface area contributed by atoms with Crippen LogP contribution in [-0.2, 0) is 0 Å². The molecule has 0 aliphatic carbocycles. The fourth-order valence-corrected chi connectivity index (χ4v) is 0.868. The molecule has 1 rings (SSSR count). The van der Waals surface area contributed by atoms with Crippen LogP contribution in [0.4, 0.5) is 0 Å². The number of hydrogen-bond acceptors (Lipinski definition) is 3. The minimum Gasteiger partial charge on any atom is -0.293 e. The molecule has 0 unspecified atom stereocenters. The summed E-state index contributed by atoms with van der Waals surface area (Å²) >= 11 is 2.98. The molecule has 0 bridgehead atoms. The van der Waals surface area contributed by atoms with E-state index in [0.29, 0.717) is 4.47 Å². The Bertz CT molecular complexity index is 345. The number of ketones is 1. The van der Waals surface area contributed by atoms with Crippen molar-refractivity contribution in [3.8, 4) is 0 Å². The van der Waals surface area contributed by atoms with Gasteiger partial charge in [0.25, 0.3) is 5.56 Å². The molecule has 0 fully saturated rings. The second-order valence-corrected chi connectivity index (χ2v) is 2.84. The van der Waals surface area contributed by atoms with Gasteiger partial charge in [-0.3, -0.25) is 9.59 Å². The average molecular weight is 217 g/mol. The number of H-pyrrole nitrogens is 1. The molecule has 0 atom stereocenters. The van der Waals surface area contributed by atoms with Gasteiger partial charge in [-0.2, -0.15) is 5.10 Å². The number of aromatic nitrogens is 2. The van der Waals surface area contributed by atoms with E-state index in [0.717, 1.165) is 0 Å². The van der Waals surface area contributed by atoms with E-state index in [-0.39, 0.29) is 17.0 Å². The first-order chi connectivity index (χ1) is 5.11. The standard InChI is InChI=1S/C6H5BrN2O2/c1-3(10)5-2-4(7)6(11)9-8-5/h2H,1H3,(H,9,11). The molecule has 1 N–H and O–H groups in total. The predicted molar refractivity (Wildman–Crippen MR) is 42.6 cm³/mol. The summed E-state index contributed by atoms with van der Waals surface area (Å²) in [4.78, 5) is 21.4. The van der Waals surface area contributed by atoms with Gasteiger partial charge in [0.05, 0.1) is 4.47 Å². The van der Waals surface area contributed by atoms with Crippen molar-refractivity contribution in [2.45, 2.75) is 6.92 Å². The summed E-state index contributed by atoms with van der Waals surface area (Å²) in [5.74, 6) is -0.179. The lowest BCUT2D eigenvalue weighted by Crippen LogP contribution is -2.12. The fourth-order valence-electron chi connectivity index (χ4n) is 0.563. The van der Waals surface area contributed by atoms with Gasteiger partial charge in [-0.05, 0) is 22.0 Å². The Morgan fingerprint density at radius 1 is 1.73 bits per heavy atom. The van der Waals surface area contributed by atoms with Gasteiger partial charge < -0.3 is 0 Å². The molecule has 1 aromatic rings. The third kappa shape index (κ3) is 1.74. The summed E-state index contributed by atoms with van der Waals surface area (Å²) in [6.07, 6.45) is 0. The van der Waals surface area contributed by atoms with E-state index in [1.807, 2.05) is 0 Å². The van der Waals surface area contributed by atoms with Crippen LogP contribution in [0.1, 0.15) is 17.4 Å². The lowest BCUT2D eigenvalue weighted by molar-refractivity contribution is 0.101. The van der Waals surface area contributed by atoms with Crippen LogP contribution in [-0.4, -0.2) is 16.0 Å². The molecule has 0 spiro atoms. The van der Waals surface area contributed by atoms with Gasteiger partial charge in [-0.1, -0.05) is 0 Å². The second-order valence-electron chi connectivity index (χ2n) is 1.99. The van der Waals surface area contributed by atoms with Crippen molar-refractivity contribution in [2.24, 2.45) is 0 Å². The third-order valence-electron chi connectivity index (χ3n) is 1.12. The normalized spacial score (nSPS) is 9.64. The van der Waals surface area contributed by atoms with Crippen LogP contribution in [0.3, 0.4) is 0 Å². The number of nitrogens with one attached hydrogen (secondary N) is 1. The zero-order chi connectivity index (χ0) is 8.43. The summed E-state index contributed by atoms with van der Waals surface area (Å²) in [5, 5.41) is 5.70. The molecule has 0 saturated heterocycles. The van der Waals surface area contributed by atoms with E-state index >= 15 is 0 Å². The molecule has 0 radical (unpaired) electrons. The van der Waals surface area contributed by atoms with E-state index in [4.69, 9.17) is 0 Å². The lowest BCUT2D eigenvalue weighted by Gasteiger charge is -1.92. The number of Topliss-reactive ketones (excluding diaryl/α,β-unsaturated/α-hetero) is 1. The minimum absolute atomic E-state index is 0.179. The molecule has 0 aliphatic heterocycles. The molecular formula is C6H5BrN2O2. The number of rotatable bonds is 1. The van der Waals surface area contributed by atoms with Crippen LogP contribution >= 0.6 is 15.9 Å². The van der Waals surface area contributed by atoms with Crippen LogP contribution in [0, 0.1) is 0 Å². The van der Waals surface area contributed by atoms with Crippen LogP contribution in [0.25, 0.3) is 0 Å². The summed E-state index contributed by atoms with van der Waals surface area (Å²) < 4.78 is 0.317. The van der Waals surface area contributed by atoms with Crippen molar-refractivity contribution in [3.63, 3.8) is 0 Å². The molecule has 0 aliphatic rings. The monoisotopic (exact) mass is 216 g/mol. The SMILES string of the molecule is CC(=O)c1cc(Br)c(=O)[nH]n1. The molecule has 1 aromatic heterocycles. The van der Waals surface area contributed by atoms with Crippen LogP contribution in [0.15, 0.2) is 15.3 Å². The molecule has 0 amide bonds. The average Bonchev–Trinajstić information content (AvgIpc) is 1.94. The molecule has 11 heavy (non-hydrogen) atoms. The van der Waals surface area contributed by atoms with Crippen LogP contribution < -0.4 is 5.56 Å². The smallest absolute Gasteiger partial charge is 0.278 e. The molecule has 0 aromatic carbocycles. The topological polar surface area (TPSA) is 62.8 Å². The highest BCUT2D eigenvalue weighted by Gasteiger charge is 2.03. The van der Waals surface area contributed by atoms with Gasteiger partial charge in [0.2, 0.25) is 0 Å². The van der Waals surface area contributed by atoms with Crippen molar-refractivity contribution in [1.82, 2.24) is 10.2 Å². The van der Waals surface area contributed by atoms with Gasteiger partial charge in [-0.15, -0.1) is 0 Å². The van der Waals surface area contributed by atoms with Crippen molar-refractivity contribution in [3.05, 3.63) is 26.6 Å². The number of carbonyl (C=O) groups excluding carboxylic acids is 1. The number of nitrogens with zero attached hydrogens (tertiary/aromatic N) is 1. The zero-order valence-electron chi connectivity index (χ0n) is 5.72. The highest BCUT2D eigenvalue weighted by atomic mass is 79.9. The van der Waals surface area contributed by atoms with E-state index in [2.05, 4.69) is 26.1 Å². The summed E-state index contributed by atoms with van der Waals surface area (Å²) in [5.41, 5.74) is -0.0912. The van der Waals surface area contributed by atoms with E-state index in [1.165, 1.54) is 13.0 Å². The van der Waals surface area contributed by atoms with Gasteiger partial charge in [0.15, 0.2) is 5.78 Å². The Morgan fingerprint density at radius 3 is 2.82 bits per heavy atom. The molecule has 58 valence electrons. The van der Waals surface area contributed by atoms with E-state index in [1.54, 1.807) is 0 Å². The fraction of sp³-hybridized carbons (Fsp3) is 0.167. The van der Waals surface area contributed by atoms with Crippen LogP contribution in [0.2, 0.25) is 0 Å². The van der Waals surface area contributed by atoms with Gasteiger partial charge in [-0.25, -0.2) is 5.10 Å². The van der Waals surface area contributed by atoms with Crippen molar-refractivity contribution < 1.29 is 4.79 Å². The number of carbonyl (C=O) groups is 1. The number of hydrogen-bond donors (Lipinski definition) is 1. The Hall–Kier alpha value is -0.970. The Morgan fingerprint density at radius 2 is 2.36 bits per heavy atom. The molecule has 5 heteroatoms. The maximum Gasteiger partial charge on any atom is 0.278 e. The molecule has 4 nitrogen and oxygen atoms in total. The molecule has 0 saturated carbocycles. The third-order valence-corrected chi connectivity index (χ3v) is 1.71. The number of aromatic amines is 1. The lowest BCUT2D eigenvalue weighted by atomic mass is 10.3. The highest BCUT2D eigenvalue weighted by Crippen LogP contribution is 2.02. The first-order valence-electron chi connectivity index (χ1n) is 2.87.